The smallest absolute Gasteiger partial charge is 0.00541 e. The molecule has 0 rings (SSSR count). The van der Waals surface area contributed by atoms with Gasteiger partial charge in [-0.05, 0) is 12.5 Å². The Morgan fingerprint density at radius 3 is 1.67 bits per heavy atom. The van der Waals surface area contributed by atoms with Crippen LogP contribution in [0.5, 0.6) is 0 Å². The van der Waals surface area contributed by atoms with E-state index in [1.54, 1.807) is 0 Å². The third-order valence-electron chi connectivity index (χ3n) is 0.471. The second kappa shape index (κ2) is 5.31. The first-order valence-electron chi connectivity index (χ1n) is 1.97. The summed E-state index contributed by atoms with van der Waals surface area (Å²) in [7, 11) is 0. The van der Waals surface area contributed by atoms with Gasteiger partial charge < -0.3 is 5.73 Å². The van der Waals surface area contributed by atoms with Crippen LogP contribution >= 0.6 is 13.5 Å². The van der Waals surface area contributed by atoms with E-state index in [4.69, 9.17) is 5.73 Å². The summed E-state index contributed by atoms with van der Waals surface area (Å²) in [6.45, 7) is 5.00. The molecular weight excluding hydrogens is 94.1 g/mol. The Morgan fingerprint density at radius 1 is 1.50 bits per heavy atom. The highest BCUT2D eigenvalue weighted by Crippen LogP contribution is 1.81. The van der Waals surface area contributed by atoms with Gasteiger partial charge in [-0.2, -0.15) is 13.5 Å². The van der Waals surface area contributed by atoms with Crippen LogP contribution in [0.2, 0.25) is 0 Å². The maximum Gasteiger partial charge on any atom is -0.00541 e. The minimum Gasteiger partial charge on any atom is -0.330 e. The van der Waals surface area contributed by atoms with Crippen molar-refractivity contribution in [2.45, 2.75) is 13.8 Å². The van der Waals surface area contributed by atoms with E-state index in [2.05, 4.69) is 13.8 Å². The Bertz CT molecular complexity index is 21.5. The van der Waals surface area contributed by atoms with Gasteiger partial charge >= 0.3 is 0 Å². The van der Waals surface area contributed by atoms with E-state index < -0.39 is 0 Å². The molecule has 0 spiro atoms. The van der Waals surface area contributed by atoms with Crippen LogP contribution in [0.3, 0.4) is 0 Å². The zero-order chi connectivity index (χ0) is 4.28. The molecule has 0 amide bonds. The topological polar surface area (TPSA) is 26.0 Å². The molecule has 0 saturated carbocycles. The summed E-state index contributed by atoms with van der Waals surface area (Å²) in [5.74, 6) is 0.662. The fourth-order valence-electron chi connectivity index (χ4n) is 0. The minimum atomic E-state index is 0. The Hall–Kier alpha value is 0.310. The molecule has 0 unspecified atom stereocenters. The zero-order valence-electron chi connectivity index (χ0n) is 4.36. The van der Waals surface area contributed by atoms with Gasteiger partial charge in [-0.1, -0.05) is 13.8 Å². The lowest BCUT2D eigenvalue weighted by Crippen LogP contribution is -2.05. The minimum absolute atomic E-state index is 0. The van der Waals surface area contributed by atoms with Gasteiger partial charge in [0.15, 0.2) is 0 Å². The van der Waals surface area contributed by atoms with E-state index in [0.29, 0.717) is 5.92 Å². The van der Waals surface area contributed by atoms with Gasteiger partial charge in [0.1, 0.15) is 0 Å². The van der Waals surface area contributed by atoms with Crippen LogP contribution in [0.1, 0.15) is 13.8 Å². The molecule has 40 valence electrons. The van der Waals surface area contributed by atoms with Crippen molar-refractivity contribution in [3.63, 3.8) is 0 Å². The highest BCUT2D eigenvalue weighted by Gasteiger charge is 1.80. The Labute approximate surface area is 46.4 Å². The van der Waals surface area contributed by atoms with Crippen molar-refractivity contribution in [2.75, 3.05) is 6.54 Å². The molecule has 2 N–H and O–H groups in total. The first kappa shape index (κ1) is 9.58. The van der Waals surface area contributed by atoms with E-state index >= 15 is 0 Å². The molecule has 1 nitrogen and oxygen atoms in total. The van der Waals surface area contributed by atoms with Crippen molar-refractivity contribution >= 4 is 13.5 Å². The normalized spacial score (nSPS) is 8.00. The van der Waals surface area contributed by atoms with Crippen molar-refractivity contribution in [1.29, 1.82) is 0 Å². The lowest BCUT2D eigenvalue weighted by atomic mass is 10.2. The summed E-state index contributed by atoms with van der Waals surface area (Å²) in [5, 5.41) is 0. The monoisotopic (exact) mass is 107 g/mol. The molecule has 0 aromatic carbocycles. The van der Waals surface area contributed by atoms with Crippen LogP contribution in [0.15, 0.2) is 0 Å². The van der Waals surface area contributed by atoms with Gasteiger partial charge in [-0.15, -0.1) is 0 Å². The van der Waals surface area contributed by atoms with E-state index in [-0.39, 0.29) is 13.5 Å². The lowest BCUT2D eigenvalue weighted by Gasteiger charge is -1.91. The highest BCUT2D eigenvalue weighted by atomic mass is 32.1. The van der Waals surface area contributed by atoms with Gasteiger partial charge in [-0.3, -0.25) is 0 Å². The fourth-order valence-corrected chi connectivity index (χ4v) is 0. The average Bonchev–Trinajstić information content (AvgIpc) is 1.38. The van der Waals surface area contributed by atoms with Crippen LogP contribution in [-0.4, -0.2) is 6.54 Å². The maximum absolute atomic E-state index is 5.17. The van der Waals surface area contributed by atoms with Crippen LogP contribution in [0, 0.1) is 5.92 Å². The number of nitrogens with two attached hydrogens (primary N) is 1. The second-order valence-electron chi connectivity index (χ2n) is 1.63. The van der Waals surface area contributed by atoms with E-state index in [1.165, 1.54) is 0 Å². The van der Waals surface area contributed by atoms with Crippen molar-refractivity contribution in [3.8, 4) is 0 Å². The molecule has 0 aromatic rings. The summed E-state index contributed by atoms with van der Waals surface area (Å²) < 4.78 is 0. The van der Waals surface area contributed by atoms with Gasteiger partial charge in [0.2, 0.25) is 0 Å². The van der Waals surface area contributed by atoms with E-state index in [9.17, 15) is 0 Å². The number of hydrogen-bond donors (Lipinski definition) is 1. The zero-order valence-corrected chi connectivity index (χ0v) is 5.36. The molecule has 0 fully saturated rings. The molecular formula is C4H13NS. The summed E-state index contributed by atoms with van der Waals surface area (Å²) in [6.07, 6.45) is 0. The molecule has 0 aliphatic rings. The number of hydrogen-bond acceptors (Lipinski definition) is 1. The Morgan fingerprint density at radius 2 is 1.67 bits per heavy atom. The van der Waals surface area contributed by atoms with Crippen molar-refractivity contribution in [1.82, 2.24) is 0 Å². The summed E-state index contributed by atoms with van der Waals surface area (Å²) in [6, 6.07) is 0. The summed E-state index contributed by atoms with van der Waals surface area (Å²) >= 11 is 0. The Balaban J connectivity index is 0. The summed E-state index contributed by atoms with van der Waals surface area (Å²) in [5.41, 5.74) is 5.17. The molecule has 6 heavy (non-hydrogen) atoms. The maximum atomic E-state index is 5.17. The fraction of sp³-hybridized carbons (Fsp3) is 1.00. The number of rotatable bonds is 1. The molecule has 0 heterocycles. The lowest BCUT2D eigenvalue weighted by molar-refractivity contribution is 0.664. The van der Waals surface area contributed by atoms with Crippen LogP contribution in [0.25, 0.3) is 0 Å². The highest BCUT2D eigenvalue weighted by molar-refractivity contribution is 7.59. The molecule has 0 aromatic heterocycles. The van der Waals surface area contributed by atoms with Crippen LogP contribution in [0.4, 0.5) is 0 Å². The van der Waals surface area contributed by atoms with Crippen molar-refractivity contribution < 1.29 is 0 Å². The molecule has 0 aliphatic carbocycles. The third-order valence-corrected chi connectivity index (χ3v) is 0.471. The van der Waals surface area contributed by atoms with Crippen molar-refractivity contribution in [3.05, 3.63) is 0 Å². The average molecular weight is 107 g/mol. The molecule has 2 heteroatoms. The predicted octanol–water partition coefficient (Wildman–Crippen LogP) is 0.714. The second-order valence-corrected chi connectivity index (χ2v) is 1.63. The quantitative estimate of drug-likeness (QED) is 0.525. The van der Waals surface area contributed by atoms with Gasteiger partial charge in [-0.25, -0.2) is 0 Å². The molecule has 0 atom stereocenters. The molecule has 0 aliphatic heterocycles. The van der Waals surface area contributed by atoms with Gasteiger partial charge in [0, 0.05) is 0 Å². The first-order valence-corrected chi connectivity index (χ1v) is 1.97. The molecule has 0 radical (unpaired) electrons. The van der Waals surface area contributed by atoms with Gasteiger partial charge in [0.05, 0.1) is 0 Å². The largest absolute Gasteiger partial charge is 0.330 e. The predicted molar refractivity (Wildman–Crippen MR) is 34.3 cm³/mol. The first-order chi connectivity index (χ1) is 2.27. The van der Waals surface area contributed by atoms with Crippen LogP contribution in [-0.2, 0) is 0 Å². The van der Waals surface area contributed by atoms with E-state index in [0.717, 1.165) is 6.54 Å². The third kappa shape index (κ3) is 8.85. The Kier molecular flexibility index (Phi) is 8.48. The van der Waals surface area contributed by atoms with Gasteiger partial charge in [0.25, 0.3) is 0 Å². The van der Waals surface area contributed by atoms with Crippen LogP contribution < -0.4 is 5.73 Å². The standard InChI is InChI=1S/C4H11N.H2S/c1-4(2)3-5;/h4H,3,5H2,1-2H3;1H2. The molecule has 0 bridgehead atoms. The van der Waals surface area contributed by atoms with Crippen molar-refractivity contribution in [2.24, 2.45) is 11.7 Å². The van der Waals surface area contributed by atoms with E-state index in [1.807, 2.05) is 0 Å². The molecule has 0 saturated heterocycles. The summed E-state index contributed by atoms with van der Waals surface area (Å²) in [4.78, 5) is 0. The SMILES string of the molecule is CC(C)CN.S.